The molecule has 0 N–H and O–H groups in total. The summed E-state index contributed by atoms with van der Waals surface area (Å²) < 4.78 is 44.6. The van der Waals surface area contributed by atoms with E-state index in [2.05, 4.69) is 9.97 Å². The maximum atomic E-state index is 12.5. The van der Waals surface area contributed by atoms with Crippen LogP contribution in [0.4, 0.5) is 12.9 Å². The van der Waals surface area contributed by atoms with Crippen LogP contribution in [0.1, 0.15) is 6.42 Å². The molecule has 2 rings (SSSR count). The summed E-state index contributed by atoms with van der Waals surface area (Å²) in [6.45, 7) is -4.00. The first-order valence-corrected chi connectivity index (χ1v) is 5.79. The van der Waals surface area contributed by atoms with Gasteiger partial charge in [0.15, 0.2) is 0 Å². The molecule has 0 aromatic carbocycles. The van der Waals surface area contributed by atoms with Gasteiger partial charge >= 0.3 is 6.98 Å². The number of nitrogens with zero attached hydrogens (tertiary/aromatic N) is 3. The highest BCUT2D eigenvalue weighted by atomic mass is 19.4. The van der Waals surface area contributed by atoms with E-state index in [-0.39, 0.29) is 5.75 Å². The third-order valence-corrected chi connectivity index (χ3v) is 2.50. The van der Waals surface area contributed by atoms with Crippen molar-refractivity contribution in [2.75, 3.05) is 6.61 Å². The van der Waals surface area contributed by atoms with Gasteiger partial charge in [0.05, 0.1) is 19.1 Å². The minimum atomic E-state index is -5.03. The molecule has 2 heterocycles. The zero-order chi connectivity index (χ0) is 13.7. The molecule has 0 radical (unpaired) electrons. The van der Waals surface area contributed by atoms with E-state index < -0.39 is 12.4 Å². The summed E-state index contributed by atoms with van der Waals surface area (Å²) in [7, 11) is 0. The molecular weight excluding hydrogens is 258 g/mol. The quantitative estimate of drug-likeness (QED) is 0.593. The molecule has 0 fully saturated rings. The number of hydrogen-bond acceptors (Lipinski definition) is 3. The van der Waals surface area contributed by atoms with Gasteiger partial charge in [0.25, 0.3) is 0 Å². The molecule has 0 bridgehead atoms. The predicted molar refractivity (Wildman–Crippen MR) is 65.3 cm³/mol. The summed E-state index contributed by atoms with van der Waals surface area (Å²) in [5.41, 5.74) is -0.743. The van der Waals surface area contributed by atoms with Crippen LogP contribution in [-0.2, 0) is 6.54 Å². The van der Waals surface area contributed by atoms with Crippen LogP contribution < -0.4 is 10.2 Å². The van der Waals surface area contributed by atoms with Crippen LogP contribution in [0.2, 0.25) is 0 Å². The van der Waals surface area contributed by atoms with Gasteiger partial charge in [-0.15, -0.1) is 0 Å². The molecule has 0 aliphatic carbocycles. The van der Waals surface area contributed by atoms with Crippen molar-refractivity contribution in [3.63, 3.8) is 0 Å². The second-order valence-electron chi connectivity index (χ2n) is 4.03. The zero-order valence-corrected chi connectivity index (χ0v) is 10.0. The molecule has 102 valence electrons. The Kier molecular flexibility index (Phi) is 4.08. The number of halogens is 3. The van der Waals surface area contributed by atoms with Crippen LogP contribution in [0, 0.1) is 0 Å². The molecule has 2 aromatic rings. The van der Waals surface area contributed by atoms with Gasteiger partial charge in [-0.2, -0.15) is 0 Å². The van der Waals surface area contributed by atoms with Crippen molar-refractivity contribution in [2.45, 2.75) is 13.0 Å². The first-order chi connectivity index (χ1) is 9.05. The maximum Gasteiger partial charge on any atom is 0.511 e. The molecule has 0 aliphatic heterocycles. The van der Waals surface area contributed by atoms with Crippen molar-refractivity contribution in [2.24, 2.45) is 0 Å². The molecule has 0 atom stereocenters. The van der Waals surface area contributed by atoms with Crippen molar-refractivity contribution >= 4 is 12.4 Å². The van der Waals surface area contributed by atoms with E-state index in [1.54, 1.807) is 12.5 Å². The highest BCUT2D eigenvalue weighted by Crippen LogP contribution is 2.13. The number of ether oxygens (including phenoxy) is 1. The van der Waals surface area contributed by atoms with Crippen LogP contribution in [-0.4, -0.2) is 28.1 Å². The summed E-state index contributed by atoms with van der Waals surface area (Å²) >= 11 is 0. The van der Waals surface area contributed by atoms with Crippen molar-refractivity contribution in [1.29, 1.82) is 0 Å². The largest absolute Gasteiger partial charge is 0.511 e. The fourth-order valence-corrected chi connectivity index (χ4v) is 1.55. The Hall–Kier alpha value is -1.99. The highest BCUT2D eigenvalue weighted by molar-refractivity contribution is 6.73. The number of aryl methyl sites for hydroxylation is 1. The molecule has 8 heteroatoms. The number of aromatic nitrogens is 3. The van der Waals surface area contributed by atoms with Gasteiger partial charge in [-0.25, -0.2) is 4.98 Å². The summed E-state index contributed by atoms with van der Waals surface area (Å²) in [5.74, 6) is 0.141. The fraction of sp³-hybridized carbons (Fsp3) is 0.273. The molecule has 0 spiro atoms. The number of hydrogen-bond donors (Lipinski definition) is 0. The van der Waals surface area contributed by atoms with Gasteiger partial charge in [-0.1, -0.05) is 5.46 Å². The van der Waals surface area contributed by atoms with Gasteiger partial charge in [-0.05, 0) is 12.5 Å². The molecule has 2 aromatic heterocycles. The van der Waals surface area contributed by atoms with E-state index >= 15 is 0 Å². The second-order valence-corrected chi connectivity index (χ2v) is 4.03. The lowest BCUT2D eigenvalue weighted by Crippen LogP contribution is -2.34. The summed E-state index contributed by atoms with van der Waals surface area (Å²) in [5, 5.41) is 0. The third-order valence-electron chi connectivity index (χ3n) is 2.50. The van der Waals surface area contributed by atoms with Gasteiger partial charge in [0.1, 0.15) is 5.75 Å². The van der Waals surface area contributed by atoms with Crippen LogP contribution in [0.5, 0.6) is 5.75 Å². The molecule has 19 heavy (non-hydrogen) atoms. The number of rotatable bonds is 6. The highest BCUT2D eigenvalue weighted by Gasteiger charge is 2.26. The van der Waals surface area contributed by atoms with Crippen molar-refractivity contribution in [3.05, 3.63) is 37.2 Å². The Bertz CT molecular complexity index is 516. The monoisotopic (exact) mass is 270 g/mol. The SMILES string of the molecule is F[B-](F)(F)c1cncc(OCCCn2ccnc2)c1. The Morgan fingerprint density at radius 1 is 1.21 bits per heavy atom. The second kappa shape index (κ2) is 5.77. The van der Waals surface area contributed by atoms with Crippen molar-refractivity contribution in [1.82, 2.24) is 14.5 Å². The van der Waals surface area contributed by atoms with E-state index in [1.165, 1.54) is 6.20 Å². The average Bonchev–Trinajstić information content (AvgIpc) is 2.87. The molecule has 0 unspecified atom stereocenters. The van der Waals surface area contributed by atoms with Gasteiger partial charge in [-0.3, -0.25) is 4.98 Å². The summed E-state index contributed by atoms with van der Waals surface area (Å²) in [6, 6.07) is 0.976. The van der Waals surface area contributed by atoms with Crippen LogP contribution in [0.3, 0.4) is 0 Å². The smallest absolute Gasteiger partial charge is 0.492 e. The van der Waals surface area contributed by atoms with Gasteiger partial charge in [0, 0.05) is 25.1 Å². The summed E-state index contributed by atoms with van der Waals surface area (Å²) in [4.78, 5) is 7.42. The lowest BCUT2D eigenvalue weighted by molar-refractivity contribution is 0.300. The third kappa shape index (κ3) is 4.01. The first kappa shape index (κ1) is 13.4. The Morgan fingerprint density at radius 2 is 2.05 bits per heavy atom. The standard InChI is InChI=1S/C11H12BF3N3O/c13-12(14,15)10-6-11(8-17-7-10)19-5-1-3-18-4-2-16-9-18/h2,4,6-9H,1,3,5H2/q-1. The molecule has 0 aliphatic rings. The molecule has 0 saturated heterocycles. The van der Waals surface area contributed by atoms with E-state index in [0.29, 0.717) is 19.6 Å². The molecular formula is C11H12BF3N3O-. The van der Waals surface area contributed by atoms with Crippen LogP contribution in [0.25, 0.3) is 0 Å². The fourth-order valence-electron chi connectivity index (χ4n) is 1.55. The first-order valence-electron chi connectivity index (χ1n) is 5.79. The zero-order valence-electron chi connectivity index (χ0n) is 10.0. The summed E-state index contributed by atoms with van der Waals surface area (Å²) in [6.07, 6.45) is 7.92. The topological polar surface area (TPSA) is 39.9 Å². The Labute approximate surface area is 108 Å². The Morgan fingerprint density at radius 3 is 2.74 bits per heavy atom. The average molecular weight is 270 g/mol. The molecule has 0 amide bonds. The minimum Gasteiger partial charge on any atom is -0.492 e. The minimum absolute atomic E-state index is 0.141. The van der Waals surface area contributed by atoms with Gasteiger partial charge < -0.3 is 22.3 Å². The van der Waals surface area contributed by atoms with Gasteiger partial charge in [0.2, 0.25) is 0 Å². The lowest BCUT2D eigenvalue weighted by atomic mass is 9.81. The van der Waals surface area contributed by atoms with E-state index in [9.17, 15) is 12.9 Å². The Balaban J connectivity index is 1.83. The van der Waals surface area contributed by atoms with Crippen molar-refractivity contribution < 1.29 is 17.7 Å². The predicted octanol–water partition coefficient (Wildman–Crippen LogP) is 1.80. The van der Waals surface area contributed by atoms with E-state index in [0.717, 1.165) is 12.3 Å². The van der Waals surface area contributed by atoms with E-state index in [1.807, 2.05) is 10.8 Å². The number of pyridine rings is 1. The maximum absolute atomic E-state index is 12.5. The van der Waals surface area contributed by atoms with Crippen LogP contribution in [0.15, 0.2) is 37.2 Å². The van der Waals surface area contributed by atoms with Crippen LogP contribution >= 0.6 is 0 Å². The molecule has 0 saturated carbocycles. The van der Waals surface area contributed by atoms with Crippen molar-refractivity contribution in [3.8, 4) is 5.75 Å². The molecule has 4 nitrogen and oxygen atoms in total. The van der Waals surface area contributed by atoms with E-state index in [4.69, 9.17) is 4.74 Å². The lowest BCUT2D eigenvalue weighted by Gasteiger charge is -2.15. The normalized spacial score (nSPS) is 11.5. The number of imidazole rings is 1.